The monoisotopic (exact) mass is 245 g/mol. The zero-order valence-corrected chi connectivity index (χ0v) is 11.4. The highest BCUT2D eigenvalue weighted by molar-refractivity contribution is 5.33. The van der Waals surface area contributed by atoms with Crippen molar-refractivity contribution in [3.05, 3.63) is 42.0 Å². The normalized spacial score (nSPS) is 20.7. The van der Waals surface area contributed by atoms with E-state index >= 15 is 0 Å². The number of methoxy groups -OCH3 is 1. The van der Waals surface area contributed by atoms with Crippen molar-refractivity contribution < 1.29 is 4.74 Å². The summed E-state index contributed by atoms with van der Waals surface area (Å²) in [4.78, 5) is 0. The number of rotatable bonds is 5. The Morgan fingerprint density at radius 2 is 2.17 bits per heavy atom. The second-order valence-corrected chi connectivity index (χ2v) is 5.07. The average molecular weight is 245 g/mol. The molecule has 1 N–H and O–H groups in total. The number of ether oxygens (including phenoxy) is 1. The van der Waals surface area contributed by atoms with Gasteiger partial charge in [-0.25, -0.2) is 0 Å². The highest BCUT2D eigenvalue weighted by Crippen LogP contribution is 2.19. The summed E-state index contributed by atoms with van der Waals surface area (Å²) in [6.45, 7) is 2.25. The number of nitrogens with one attached hydrogen (secondary N) is 1. The Morgan fingerprint density at radius 3 is 2.89 bits per heavy atom. The number of para-hydroxylation sites is 1. The fraction of sp³-hybridized carbons (Fsp3) is 0.500. The summed E-state index contributed by atoms with van der Waals surface area (Å²) in [6.07, 6.45) is 9.21. The maximum absolute atomic E-state index is 5.40. The molecule has 98 valence electrons. The van der Waals surface area contributed by atoms with Gasteiger partial charge in [0.2, 0.25) is 0 Å². The molecule has 0 radical (unpaired) electrons. The molecule has 0 heterocycles. The first kappa shape index (κ1) is 13.2. The molecular formula is C16H23NO. The Hall–Kier alpha value is -1.28. The van der Waals surface area contributed by atoms with Gasteiger partial charge in [-0.1, -0.05) is 30.4 Å². The molecule has 18 heavy (non-hydrogen) atoms. The van der Waals surface area contributed by atoms with Gasteiger partial charge in [-0.2, -0.15) is 0 Å². The summed E-state index contributed by atoms with van der Waals surface area (Å²) < 4.78 is 5.40. The van der Waals surface area contributed by atoms with E-state index in [2.05, 4.69) is 36.5 Å². The van der Waals surface area contributed by atoms with Crippen LogP contribution in [0.15, 0.2) is 36.4 Å². The quantitative estimate of drug-likeness (QED) is 0.803. The Labute approximate surface area is 110 Å². The molecule has 1 aromatic rings. The highest BCUT2D eigenvalue weighted by atomic mass is 16.5. The van der Waals surface area contributed by atoms with Crippen LogP contribution in [0, 0.1) is 0 Å². The summed E-state index contributed by atoms with van der Waals surface area (Å²) >= 11 is 0. The minimum absolute atomic E-state index is 0.484. The second kappa shape index (κ2) is 6.60. The van der Waals surface area contributed by atoms with E-state index in [-0.39, 0.29) is 0 Å². The number of benzene rings is 1. The minimum atomic E-state index is 0.484. The first-order valence-electron chi connectivity index (χ1n) is 6.82. The number of hydrogen-bond acceptors (Lipinski definition) is 2. The van der Waals surface area contributed by atoms with Gasteiger partial charge >= 0.3 is 0 Å². The molecule has 0 spiro atoms. The largest absolute Gasteiger partial charge is 0.496 e. The summed E-state index contributed by atoms with van der Waals surface area (Å²) in [5, 5.41) is 3.71. The lowest BCUT2D eigenvalue weighted by Crippen LogP contribution is -2.38. The van der Waals surface area contributed by atoms with Crippen LogP contribution in [0.1, 0.15) is 31.7 Å². The molecule has 0 saturated heterocycles. The molecule has 2 unspecified atom stereocenters. The van der Waals surface area contributed by atoms with E-state index in [4.69, 9.17) is 4.74 Å². The predicted molar refractivity (Wildman–Crippen MR) is 76.1 cm³/mol. The summed E-state index contributed by atoms with van der Waals surface area (Å²) in [5.74, 6) is 0.995. The molecule has 0 fully saturated rings. The van der Waals surface area contributed by atoms with E-state index in [9.17, 15) is 0 Å². The molecule has 1 aliphatic rings. The van der Waals surface area contributed by atoms with Crippen LogP contribution in [0.2, 0.25) is 0 Å². The van der Waals surface area contributed by atoms with Crippen LogP contribution in [0.3, 0.4) is 0 Å². The SMILES string of the molecule is COc1ccccc1CC(C)NC1CC=CCC1. The van der Waals surface area contributed by atoms with Gasteiger partial charge in [-0.05, 0) is 44.2 Å². The third-order valence-corrected chi connectivity index (χ3v) is 3.51. The van der Waals surface area contributed by atoms with Gasteiger partial charge in [-0.15, -0.1) is 0 Å². The summed E-state index contributed by atoms with van der Waals surface area (Å²) in [6, 6.07) is 9.40. The van der Waals surface area contributed by atoms with Gasteiger partial charge in [0.1, 0.15) is 5.75 Å². The van der Waals surface area contributed by atoms with E-state index < -0.39 is 0 Å². The predicted octanol–water partition coefficient (Wildman–Crippen LogP) is 3.32. The summed E-state index contributed by atoms with van der Waals surface area (Å²) in [5.41, 5.74) is 1.28. The third-order valence-electron chi connectivity index (χ3n) is 3.51. The van der Waals surface area contributed by atoms with E-state index in [0.29, 0.717) is 12.1 Å². The van der Waals surface area contributed by atoms with Gasteiger partial charge in [0.25, 0.3) is 0 Å². The Balaban J connectivity index is 1.90. The smallest absolute Gasteiger partial charge is 0.122 e. The molecule has 1 aliphatic carbocycles. The van der Waals surface area contributed by atoms with E-state index in [1.165, 1.54) is 18.4 Å². The summed E-state index contributed by atoms with van der Waals surface area (Å²) in [7, 11) is 1.74. The van der Waals surface area contributed by atoms with Crippen molar-refractivity contribution in [2.75, 3.05) is 7.11 Å². The molecular weight excluding hydrogens is 222 g/mol. The fourth-order valence-electron chi connectivity index (χ4n) is 2.61. The Kier molecular flexibility index (Phi) is 4.82. The van der Waals surface area contributed by atoms with Crippen molar-refractivity contribution in [3.63, 3.8) is 0 Å². The van der Waals surface area contributed by atoms with Crippen molar-refractivity contribution in [2.24, 2.45) is 0 Å². The van der Waals surface area contributed by atoms with Crippen LogP contribution in [0.4, 0.5) is 0 Å². The molecule has 0 aromatic heterocycles. The fourth-order valence-corrected chi connectivity index (χ4v) is 2.61. The van der Waals surface area contributed by atoms with Gasteiger partial charge < -0.3 is 10.1 Å². The van der Waals surface area contributed by atoms with Crippen LogP contribution >= 0.6 is 0 Å². The van der Waals surface area contributed by atoms with Gasteiger partial charge in [0.15, 0.2) is 0 Å². The zero-order valence-electron chi connectivity index (χ0n) is 11.4. The first-order chi connectivity index (χ1) is 8.79. The van der Waals surface area contributed by atoms with E-state index in [0.717, 1.165) is 18.6 Å². The van der Waals surface area contributed by atoms with Crippen LogP contribution in [-0.2, 0) is 6.42 Å². The third kappa shape index (κ3) is 3.61. The Morgan fingerprint density at radius 1 is 1.33 bits per heavy atom. The van der Waals surface area contributed by atoms with E-state index in [1.54, 1.807) is 7.11 Å². The molecule has 1 aromatic carbocycles. The molecule has 0 saturated carbocycles. The minimum Gasteiger partial charge on any atom is -0.496 e. The van der Waals surface area contributed by atoms with Crippen molar-refractivity contribution >= 4 is 0 Å². The van der Waals surface area contributed by atoms with Crippen LogP contribution < -0.4 is 10.1 Å². The standard InChI is InChI=1S/C16H23NO/c1-13(17-15-9-4-3-5-10-15)12-14-8-6-7-11-16(14)18-2/h3-4,6-8,11,13,15,17H,5,9-10,12H2,1-2H3. The lowest BCUT2D eigenvalue weighted by molar-refractivity contribution is 0.393. The molecule has 0 amide bonds. The second-order valence-electron chi connectivity index (χ2n) is 5.07. The topological polar surface area (TPSA) is 21.3 Å². The lowest BCUT2D eigenvalue weighted by atomic mass is 9.99. The lowest BCUT2D eigenvalue weighted by Gasteiger charge is -2.24. The van der Waals surface area contributed by atoms with Crippen molar-refractivity contribution in [2.45, 2.75) is 44.7 Å². The molecule has 0 aliphatic heterocycles. The number of hydrogen-bond donors (Lipinski definition) is 1. The molecule has 0 bridgehead atoms. The van der Waals surface area contributed by atoms with Gasteiger partial charge in [0, 0.05) is 12.1 Å². The van der Waals surface area contributed by atoms with Crippen molar-refractivity contribution in [1.82, 2.24) is 5.32 Å². The van der Waals surface area contributed by atoms with Crippen molar-refractivity contribution in [1.29, 1.82) is 0 Å². The maximum Gasteiger partial charge on any atom is 0.122 e. The molecule has 2 rings (SSSR count). The van der Waals surface area contributed by atoms with Crippen LogP contribution in [0.25, 0.3) is 0 Å². The van der Waals surface area contributed by atoms with Gasteiger partial charge in [-0.3, -0.25) is 0 Å². The molecule has 2 atom stereocenters. The first-order valence-corrected chi connectivity index (χ1v) is 6.82. The van der Waals surface area contributed by atoms with Gasteiger partial charge in [0.05, 0.1) is 7.11 Å². The van der Waals surface area contributed by atoms with Crippen LogP contribution in [-0.4, -0.2) is 19.2 Å². The maximum atomic E-state index is 5.40. The Bertz CT molecular complexity index is 400. The number of allylic oxidation sites excluding steroid dienone is 1. The zero-order chi connectivity index (χ0) is 12.8. The highest BCUT2D eigenvalue weighted by Gasteiger charge is 2.14. The van der Waals surface area contributed by atoms with Crippen LogP contribution in [0.5, 0.6) is 5.75 Å². The van der Waals surface area contributed by atoms with E-state index in [1.807, 2.05) is 12.1 Å². The average Bonchev–Trinajstić information content (AvgIpc) is 2.40. The van der Waals surface area contributed by atoms with Crippen molar-refractivity contribution in [3.8, 4) is 5.75 Å². The molecule has 2 nitrogen and oxygen atoms in total. The molecule has 2 heteroatoms.